The summed E-state index contributed by atoms with van der Waals surface area (Å²) in [4.78, 5) is 32.3. The first-order chi connectivity index (χ1) is 13.1. The summed E-state index contributed by atoms with van der Waals surface area (Å²) in [5.41, 5.74) is 0.703. The lowest BCUT2D eigenvalue weighted by Gasteiger charge is -2.38. The fraction of sp³-hybridized carbons (Fsp3) is 0.211. The number of carbonyl (C=O) groups excluding carboxylic acids is 1. The Morgan fingerprint density at radius 2 is 1.93 bits per heavy atom. The molecule has 1 fully saturated rings. The molecule has 1 aromatic carbocycles. The van der Waals surface area contributed by atoms with E-state index < -0.39 is 17.3 Å². The Hall–Kier alpha value is -3.55. The third-order valence-electron chi connectivity index (χ3n) is 4.91. The Morgan fingerprint density at radius 1 is 1.15 bits per heavy atom. The van der Waals surface area contributed by atoms with Crippen LogP contribution in [-0.4, -0.2) is 36.7 Å². The van der Waals surface area contributed by atoms with Crippen molar-refractivity contribution in [2.45, 2.75) is 24.7 Å². The molecule has 136 valence electrons. The van der Waals surface area contributed by atoms with E-state index in [1.54, 1.807) is 42.7 Å². The summed E-state index contributed by atoms with van der Waals surface area (Å²) in [7, 11) is 0. The third kappa shape index (κ3) is 3.05. The number of hydrogen-bond acceptors (Lipinski definition) is 5. The zero-order valence-corrected chi connectivity index (χ0v) is 14.4. The van der Waals surface area contributed by atoms with Gasteiger partial charge in [0.2, 0.25) is 0 Å². The third-order valence-corrected chi connectivity index (χ3v) is 4.91. The van der Waals surface area contributed by atoms with Crippen LogP contribution in [0.1, 0.15) is 35.3 Å². The maximum Gasteiger partial charge on any atom is 0.314 e. The van der Waals surface area contributed by atoms with Crippen LogP contribution < -0.4 is 5.32 Å². The number of aromatic nitrogens is 4. The Kier molecular flexibility index (Phi) is 4.15. The lowest BCUT2D eigenvalue weighted by atomic mass is 9.64. The summed E-state index contributed by atoms with van der Waals surface area (Å²) in [5.74, 6) is -0.756. The summed E-state index contributed by atoms with van der Waals surface area (Å²) in [6.45, 7) is 0. The van der Waals surface area contributed by atoms with E-state index in [0.29, 0.717) is 24.3 Å². The maximum atomic E-state index is 12.5. The fourth-order valence-corrected chi connectivity index (χ4v) is 3.20. The van der Waals surface area contributed by atoms with E-state index in [0.717, 1.165) is 12.0 Å². The van der Waals surface area contributed by atoms with E-state index in [-0.39, 0.29) is 5.69 Å². The second-order valence-electron chi connectivity index (χ2n) is 6.49. The van der Waals surface area contributed by atoms with Gasteiger partial charge in [-0.05, 0) is 36.6 Å². The Morgan fingerprint density at radius 3 is 2.52 bits per heavy atom. The van der Waals surface area contributed by atoms with Crippen LogP contribution in [0.5, 0.6) is 0 Å². The van der Waals surface area contributed by atoms with Crippen molar-refractivity contribution in [2.75, 3.05) is 5.32 Å². The smallest absolute Gasteiger partial charge is 0.314 e. The first kappa shape index (κ1) is 16.9. The summed E-state index contributed by atoms with van der Waals surface area (Å²) in [6.07, 6.45) is 8.42. The van der Waals surface area contributed by atoms with Gasteiger partial charge in [0, 0.05) is 18.1 Å². The van der Waals surface area contributed by atoms with Crippen LogP contribution in [0.15, 0.2) is 55.1 Å². The maximum absolute atomic E-state index is 12.5. The molecule has 1 aliphatic rings. The van der Waals surface area contributed by atoms with Gasteiger partial charge in [-0.25, -0.2) is 9.67 Å². The van der Waals surface area contributed by atoms with Crippen LogP contribution in [0.4, 0.5) is 5.69 Å². The molecule has 1 saturated carbocycles. The molecule has 0 atom stereocenters. The lowest BCUT2D eigenvalue weighted by molar-refractivity contribution is -0.147. The molecule has 27 heavy (non-hydrogen) atoms. The molecule has 0 radical (unpaired) electrons. The summed E-state index contributed by atoms with van der Waals surface area (Å²) < 4.78 is 1.52. The predicted octanol–water partition coefficient (Wildman–Crippen LogP) is 2.42. The number of rotatable bonds is 5. The molecular formula is C19H17N5O3. The molecule has 3 aromatic rings. The number of aliphatic carboxylic acids is 1. The highest BCUT2D eigenvalue weighted by Gasteiger charge is 2.45. The molecule has 0 saturated heterocycles. The van der Waals surface area contributed by atoms with Crippen molar-refractivity contribution in [2.24, 2.45) is 0 Å². The van der Waals surface area contributed by atoms with Gasteiger partial charge < -0.3 is 10.4 Å². The second-order valence-corrected chi connectivity index (χ2v) is 6.49. The molecule has 1 amide bonds. The average Bonchev–Trinajstić information content (AvgIpc) is 3.17. The van der Waals surface area contributed by atoms with Crippen molar-refractivity contribution in [1.82, 2.24) is 19.7 Å². The molecular weight excluding hydrogens is 346 g/mol. The molecule has 2 heterocycles. The van der Waals surface area contributed by atoms with Crippen molar-refractivity contribution in [3.8, 4) is 5.82 Å². The monoisotopic (exact) mass is 363 g/mol. The van der Waals surface area contributed by atoms with Crippen molar-refractivity contribution in [1.29, 1.82) is 0 Å². The lowest BCUT2D eigenvalue weighted by Crippen LogP contribution is -2.42. The average molecular weight is 363 g/mol. The largest absolute Gasteiger partial charge is 0.481 e. The van der Waals surface area contributed by atoms with E-state index in [4.69, 9.17) is 0 Å². The number of anilines is 1. The van der Waals surface area contributed by atoms with Crippen LogP contribution in [0.25, 0.3) is 5.82 Å². The van der Waals surface area contributed by atoms with Gasteiger partial charge in [0.25, 0.3) is 5.91 Å². The Labute approximate surface area is 154 Å². The highest BCUT2D eigenvalue weighted by atomic mass is 16.4. The molecule has 4 rings (SSSR count). The topological polar surface area (TPSA) is 110 Å². The van der Waals surface area contributed by atoms with Gasteiger partial charge >= 0.3 is 5.97 Å². The SMILES string of the molecule is O=C(Nc1ccc(C2(C(=O)O)CCC2)cc1)c1cncc(-n2cccn2)n1. The van der Waals surface area contributed by atoms with E-state index in [1.165, 1.54) is 17.1 Å². The number of amides is 1. The van der Waals surface area contributed by atoms with Gasteiger partial charge in [-0.1, -0.05) is 18.6 Å². The number of carbonyl (C=O) groups is 2. The van der Waals surface area contributed by atoms with E-state index in [2.05, 4.69) is 20.4 Å². The molecule has 8 heteroatoms. The molecule has 8 nitrogen and oxygen atoms in total. The normalized spacial score (nSPS) is 15.0. The van der Waals surface area contributed by atoms with Gasteiger partial charge in [0.15, 0.2) is 5.82 Å². The minimum Gasteiger partial charge on any atom is -0.481 e. The zero-order valence-electron chi connectivity index (χ0n) is 14.4. The quantitative estimate of drug-likeness (QED) is 0.720. The predicted molar refractivity (Wildman–Crippen MR) is 96.7 cm³/mol. The summed E-state index contributed by atoms with van der Waals surface area (Å²) in [6, 6.07) is 8.69. The molecule has 1 aliphatic carbocycles. The van der Waals surface area contributed by atoms with Gasteiger partial charge in [-0.15, -0.1) is 0 Å². The van der Waals surface area contributed by atoms with E-state index >= 15 is 0 Å². The van der Waals surface area contributed by atoms with Crippen LogP contribution in [-0.2, 0) is 10.2 Å². The number of nitrogens with zero attached hydrogens (tertiary/aromatic N) is 4. The molecule has 2 N–H and O–H groups in total. The summed E-state index contributed by atoms with van der Waals surface area (Å²) in [5, 5.41) is 16.3. The minimum absolute atomic E-state index is 0.160. The fourth-order valence-electron chi connectivity index (χ4n) is 3.20. The van der Waals surface area contributed by atoms with Crippen LogP contribution in [0, 0.1) is 0 Å². The number of hydrogen-bond donors (Lipinski definition) is 2. The van der Waals surface area contributed by atoms with Crippen molar-refractivity contribution in [3.63, 3.8) is 0 Å². The van der Waals surface area contributed by atoms with Crippen LogP contribution in [0.3, 0.4) is 0 Å². The minimum atomic E-state index is -0.795. The molecule has 2 aromatic heterocycles. The van der Waals surface area contributed by atoms with E-state index in [1.807, 2.05) is 0 Å². The van der Waals surface area contributed by atoms with Gasteiger partial charge in [-0.2, -0.15) is 5.10 Å². The van der Waals surface area contributed by atoms with Crippen molar-refractivity contribution >= 4 is 17.6 Å². The van der Waals surface area contributed by atoms with Gasteiger partial charge in [0.1, 0.15) is 5.69 Å². The molecule has 0 bridgehead atoms. The molecule has 0 spiro atoms. The van der Waals surface area contributed by atoms with E-state index in [9.17, 15) is 14.7 Å². The van der Waals surface area contributed by atoms with Crippen molar-refractivity contribution < 1.29 is 14.7 Å². The second kappa shape index (κ2) is 6.64. The van der Waals surface area contributed by atoms with Crippen molar-refractivity contribution in [3.05, 3.63) is 66.4 Å². The number of carboxylic acid groups (broad SMARTS) is 1. The first-order valence-corrected chi connectivity index (χ1v) is 8.56. The summed E-state index contributed by atoms with van der Waals surface area (Å²) >= 11 is 0. The molecule has 0 aliphatic heterocycles. The van der Waals surface area contributed by atoms with Crippen LogP contribution in [0.2, 0.25) is 0 Å². The van der Waals surface area contributed by atoms with Gasteiger partial charge in [-0.3, -0.25) is 14.6 Å². The highest BCUT2D eigenvalue weighted by molar-refractivity contribution is 6.02. The Bertz CT molecular complexity index is 979. The number of carboxylic acids is 1. The zero-order chi connectivity index (χ0) is 18.9. The Balaban J connectivity index is 1.50. The van der Waals surface area contributed by atoms with Gasteiger partial charge in [0.05, 0.1) is 17.8 Å². The number of benzene rings is 1. The number of nitrogens with one attached hydrogen (secondary N) is 1. The van der Waals surface area contributed by atoms with Crippen LogP contribution >= 0.6 is 0 Å². The standard InChI is InChI=1S/C19H17N5O3/c25-17(15-11-20-12-16(23-15)24-10-2-9-21-24)22-14-5-3-13(4-6-14)19(18(26)27)7-1-8-19/h2-6,9-12H,1,7-8H2,(H,22,25)(H,26,27). The first-order valence-electron chi connectivity index (χ1n) is 8.56. The highest BCUT2D eigenvalue weighted by Crippen LogP contribution is 2.44. The molecule has 0 unspecified atom stereocenters.